The molecule has 7 aromatic carbocycles. The molecule has 0 bridgehead atoms. The van der Waals surface area contributed by atoms with Crippen LogP contribution in [0.25, 0.3) is 88.4 Å². The zero-order chi connectivity index (χ0) is 38.2. The first kappa shape index (κ1) is 34.3. The second-order valence-electron chi connectivity index (χ2n) is 16.5. The van der Waals surface area contributed by atoms with Crippen molar-refractivity contribution < 1.29 is 0 Å². The molecule has 56 heavy (non-hydrogen) atoms. The standard InChI is InChI=1S/C52H41N3S/c1-51(2,3)37-14-8-13-36(30-37)49-53-48(34-24-22-32(23-25-34)39-17-9-12-33-28-29-56-47(33)39)54-50(55-49)44-20-11-18-40-38(16-10-19-41(40)44)35-26-27-43-42-15-6-7-21-45(42)52(4,5)46(43)31-35/h6-31H,1-5H3. The Morgan fingerprint density at radius 3 is 1.86 bits per heavy atom. The predicted octanol–water partition coefficient (Wildman–Crippen LogP) is 14.2. The molecule has 0 aliphatic heterocycles. The zero-order valence-corrected chi connectivity index (χ0v) is 33.1. The third-order valence-electron chi connectivity index (χ3n) is 11.6. The van der Waals surface area contributed by atoms with E-state index in [0.29, 0.717) is 17.5 Å². The number of fused-ring (bicyclic) bond motifs is 5. The summed E-state index contributed by atoms with van der Waals surface area (Å²) in [5.41, 5.74) is 14.3. The van der Waals surface area contributed by atoms with Gasteiger partial charge >= 0.3 is 0 Å². The Hall–Kier alpha value is -6.23. The maximum Gasteiger partial charge on any atom is 0.164 e. The van der Waals surface area contributed by atoms with Crippen LogP contribution in [-0.4, -0.2) is 15.0 Å². The molecular formula is C52H41N3S. The first-order chi connectivity index (χ1) is 27.1. The normalized spacial score (nSPS) is 13.2. The summed E-state index contributed by atoms with van der Waals surface area (Å²) in [6.45, 7) is 11.4. The second kappa shape index (κ2) is 12.9. The lowest BCUT2D eigenvalue weighted by molar-refractivity contribution is 0.590. The smallest absolute Gasteiger partial charge is 0.164 e. The van der Waals surface area contributed by atoms with Crippen LogP contribution >= 0.6 is 11.3 Å². The second-order valence-corrected chi connectivity index (χ2v) is 17.4. The Morgan fingerprint density at radius 2 is 1.05 bits per heavy atom. The van der Waals surface area contributed by atoms with E-state index in [2.05, 4.69) is 192 Å². The van der Waals surface area contributed by atoms with Crippen molar-refractivity contribution in [2.24, 2.45) is 0 Å². The Kier molecular flexibility index (Phi) is 7.91. The molecule has 2 aromatic heterocycles. The molecule has 0 atom stereocenters. The fourth-order valence-electron chi connectivity index (χ4n) is 8.53. The number of hydrogen-bond acceptors (Lipinski definition) is 4. The lowest BCUT2D eigenvalue weighted by Crippen LogP contribution is -2.14. The van der Waals surface area contributed by atoms with Crippen molar-refractivity contribution in [3.63, 3.8) is 0 Å². The van der Waals surface area contributed by atoms with Crippen LogP contribution in [0.15, 0.2) is 157 Å². The number of thiophene rings is 1. The van der Waals surface area contributed by atoms with Crippen molar-refractivity contribution in [1.82, 2.24) is 15.0 Å². The molecule has 9 aromatic rings. The molecule has 0 fully saturated rings. The molecule has 1 aliphatic rings. The minimum atomic E-state index is -0.0743. The molecule has 2 heterocycles. The monoisotopic (exact) mass is 739 g/mol. The molecule has 1 aliphatic carbocycles. The number of aromatic nitrogens is 3. The van der Waals surface area contributed by atoms with E-state index in [-0.39, 0.29) is 10.8 Å². The lowest BCUT2D eigenvalue weighted by Gasteiger charge is -2.22. The van der Waals surface area contributed by atoms with E-state index in [1.165, 1.54) is 65.5 Å². The van der Waals surface area contributed by atoms with Crippen molar-refractivity contribution in [2.75, 3.05) is 0 Å². The predicted molar refractivity (Wildman–Crippen MR) is 236 cm³/mol. The summed E-state index contributed by atoms with van der Waals surface area (Å²) in [5.74, 6) is 1.98. The summed E-state index contributed by atoms with van der Waals surface area (Å²) in [7, 11) is 0. The van der Waals surface area contributed by atoms with E-state index in [4.69, 9.17) is 15.0 Å². The molecule has 0 unspecified atom stereocenters. The van der Waals surface area contributed by atoms with Gasteiger partial charge in [0, 0.05) is 26.8 Å². The third-order valence-corrected chi connectivity index (χ3v) is 12.6. The van der Waals surface area contributed by atoms with Crippen molar-refractivity contribution in [2.45, 2.75) is 45.4 Å². The summed E-state index contributed by atoms with van der Waals surface area (Å²) in [6, 6.07) is 54.9. The molecule has 3 nitrogen and oxygen atoms in total. The van der Waals surface area contributed by atoms with Gasteiger partial charge in [0.15, 0.2) is 17.5 Å². The lowest BCUT2D eigenvalue weighted by atomic mass is 9.81. The highest BCUT2D eigenvalue weighted by Crippen LogP contribution is 2.50. The summed E-state index contributed by atoms with van der Waals surface area (Å²) < 4.78 is 1.30. The SMILES string of the molecule is CC(C)(C)c1cccc(-c2nc(-c3ccc(-c4cccc5ccsc45)cc3)nc(-c3cccc4c(-c5ccc6c(c5)C(C)(C)c5ccccc5-6)cccc34)n2)c1. The van der Waals surface area contributed by atoms with E-state index in [9.17, 15) is 0 Å². The van der Waals surface area contributed by atoms with Crippen LogP contribution in [0.5, 0.6) is 0 Å². The fourth-order valence-corrected chi connectivity index (χ4v) is 9.46. The van der Waals surface area contributed by atoms with Gasteiger partial charge in [0.1, 0.15) is 0 Å². The van der Waals surface area contributed by atoms with Crippen LogP contribution in [0.1, 0.15) is 51.3 Å². The van der Waals surface area contributed by atoms with Gasteiger partial charge in [-0.25, -0.2) is 15.0 Å². The topological polar surface area (TPSA) is 38.7 Å². The average molecular weight is 740 g/mol. The summed E-state index contributed by atoms with van der Waals surface area (Å²) in [4.78, 5) is 15.6. The van der Waals surface area contributed by atoms with Gasteiger partial charge in [0.25, 0.3) is 0 Å². The largest absolute Gasteiger partial charge is 0.208 e. The quantitative estimate of drug-likeness (QED) is 0.176. The van der Waals surface area contributed by atoms with Gasteiger partial charge in [-0.1, -0.05) is 168 Å². The van der Waals surface area contributed by atoms with Crippen molar-refractivity contribution in [3.8, 4) is 67.5 Å². The highest BCUT2D eigenvalue weighted by Gasteiger charge is 2.35. The zero-order valence-electron chi connectivity index (χ0n) is 32.3. The molecule has 4 heteroatoms. The van der Waals surface area contributed by atoms with Crippen molar-refractivity contribution in [3.05, 3.63) is 174 Å². The first-order valence-corrected chi connectivity index (χ1v) is 20.2. The number of benzene rings is 7. The van der Waals surface area contributed by atoms with Gasteiger partial charge in [-0.3, -0.25) is 0 Å². The summed E-state index contributed by atoms with van der Waals surface area (Å²) >= 11 is 1.78. The molecule has 0 N–H and O–H groups in total. The molecular weight excluding hydrogens is 699 g/mol. The maximum absolute atomic E-state index is 5.24. The molecule has 0 radical (unpaired) electrons. The van der Waals surface area contributed by atoms with Crippen molar-refractivity contribution in [1.29, 1.82) is 0 Å². The first-order valence-electron chi connectivity index (χ1n) is 19.3. The number of rotatable bonds is 5. The van der Waals surface area contributed by atoms with Gasteiger partial charge < -0.3 is 0 Å². The van der Waals surface area contributed by atoms with E-state index in [1.807, 2.05) is 0 Å². The van der Waals surface area contributed by atoms with Crippen LogP contribution < -0.4 is 0 Å². The van der Waals surface area contributed by atoms with Crippen LogP contribution in [0.4, 0.5) is 0 Å². The van der Waals surface area contributed by atoms with E-state index in [0.717, 1.165) is 22.1 Å². The molecule has 270 valence electrons. The Labute approximate surface area is 332 Å². The molecule has 0 saturated carbocycles. The highest BCUT2D eigenvalue weighted by atomic mass is 32.1. The maximum atomic E-state index is 5.24. The summed E-state index contributed by atoms with van der Waals surface area (Å²) in [6.07, 6.45) is 0. The average Bonchev–Trinajstić information content (AvgIpc) is 3.80. The highest BCUT2D eigenvalue weighted by molar-refractivity contribution is 7.17. The molecule has 0 spiro atoms. The van der Waals surface area contributed by atoms with Gasteiger partial charge in [-0.15, -0.1) is 11.3 Å². The van der Waals surface area contributed by atoms with Crippen LogP contribution in [-0.2, 0) is 10.8 Å². The van der Waals surface area contributed by atoms with E-state index in [1.54, 1.807) is 11.3 Å². The van der Waals surface area contributed by atoms with Crippen LogP contribution in [0, 0.1) is 0 Å². The minimum Gasteiger partial charge on any atom is -0.208 e. The molecule has 0 saturated heterocycles. The minimum absolute atomic E-state index is 0.0163. The molecule has 10 rings (SSSR count). The van der Waals surface area contributed by atoms with Crippen LogP contribution in [0.2, 0.25) is 0 Å². The van der Waals surface area contributed by atoms with Crippen molar-refractivity contribution >= 4 is 32.2 Å². The fraction of sp³-hybridized carbons (Fsp3) is 0.135. The Balaban J connectivity index is 1.11. The van der Waals surface area contributed by atoms with Crippen LogP contribution in [0.3, 0.4) is 0 Å². The Morgan fingerprint density at radius 1 is 0.446 bits per heavy atom. The number of nitrogens with zero attached hydrogens (tertiary/aromatic N) is 3. The van der Waals surface area contributed by atoms with E-state index < -0.39 is 0 Å². The van der Waals surface area contributed by atoms with Gasteiger partial charge in [-0.2, -0.15) is 0 Å². The Bertz CT molecular complexity index is 2980. The van der Waals surface area contributed by atoms with E-state index >= 15 is 0 Å². The number of hydrogen-bond donors (Lipinski definition) is 0. The van der Waals surface area contributed by atoms with Gasteiger partial charge in [-0.05, 0) is 95.2 Å². The third kappa shape index (κ3) is 5.67. The summed E-state index contributed by atoms with van der Waals surface area (Å²) in [5, 5.41) is 5.71. The molecule has 0 amide bonds. The van der Waals surface area contributed by atoms with Gasteiger partial charge in [0.05, 0.1) is 0 Å². The van der Waals surface area contributed by atoms with Gasteiger partial charge in [0.2, 0.25) is 0 Å².